The molecule has 0 bridgehead atoms. The monoisotopic (exact) mass is 399 g/mol. The summed E-state index contributed by atoms with van der Waals surface area (Å²) >= 11 is 0. The summed E-state index contributed by atoms with van der Waals surface area (Å²) in [5.74, 6) is -1.04. The second kappa shape index (κ2) is 8.21. The van der Waals surface area contributed by atoms with E-state index in [1.165, 1.54) is 24.3 Å². The van der Waals surface area contributed by atoms with Gasteiger partial charge in [0.1, 0.15) is 18.2 Å². The van der Waals surface area contributed by atoms with Gasteiger partial charge in [0.05, 0.1) is 18.2 Å². The van der Waals surface area contributed by atoms with Crippen molar-refractivity contribution >= 4 is 11.9 Å². The van der Waals surface area contributed by atoms with Crippen LogP contribution in [0.2, 0.25) is 0 Å². The third-order valence-electron chi connectivity index (χ3n) is 5.54. The Labute approximate surface area is 167 Å². The number of nitrogens with zero attached hydrogens (tertiary/aromatic N) is 1. The summed E-state index contributed by atoms with van der Waals surface area (Å²) in [7, 11) is 0. The Kier molecular flexibility index (Phi) is 5.49. The van der Waals surface area contributed by atoms with Crippen LogP contribution in [0.5, 0.6) is 5.75 Å². The molecular weight excluding hydrogens is 377 g/mol. The molecule has 2 aromatic rings. The van der Waals surface area contributed by atoms with E-state index in [0.29, 0.717) is 38.3 Å². The molecule has 7 heteroatoms. The molecule has 0 saturated carbocycles. The zero-order valence-electron chi connectivity index (χ0n) is 15.8. The van der Waals surface area contributed by atoms with Gasteiger partial charge in [0.2, 0.25) is 5.91 Å². The summed E-state index contributed by atoms with van der Waals surface area (Å²) in [5, 5.41) is 9.26. The molecule has 1 N–H and O–H groups in total. The van der Waals surface area contributed by atoms with Crippen molar-refractivity contribution in [2.45, 2.75) is 25.4 Å². The van der Waals surface area contributed by atoms with Gasteiger partial charge in [-0.3, -0.25) is 4.79 Å². The number of carboxylic acids is 1. The number of hydrogen-bond acceptors (Lipinski definition) is 4. The van der Waals surface area contributed by atoms with Crippen molar-refractivity contribution in [2.75, 3.05) is 19.8 Å². The highest BCUT2D eigenvalue weighted by molar-refractivity contribution is 5.88. The van der Waals surface area contributed by atoms with Crippen LogP contribution in [0.1, 0.15) is 40.4 Å². The first kappa shape index (κ1) is 19.4. The Balaban J connectivity index is 1.69. The van der Waals surface area contributed by atoms with Crippen molar-refractivity contribution in [3.05, 3.63) is 65.0 Å². The predicted octanol–water partition coefficient (Wildman–Crippen LogP) is 3.41. The summed E-state index contributed by atoms with van der Waals surface area (Å²) in [6.45, 7) is 1.57. The number of carboxylic acid groups (broad SMARTS) is 1. The van der Waals surface area contributed by atoms with Gasteiger partial charge < -0.3 is 19.5 Å². The molecule has 0 aliphatic carbocycles. The highest BCUT2D eigenvalue weighted by atomic mass is 19.1. The first-order valence-electron chi connectivity index (χ1n) is 9.65. The Morgan fingerprint density at radius 2 is 1.79 bits per heavy atom. The number of ether oxygens (including phenoxy) is 2. The number of benzene rings is 2. The summed E-state index contributed by atoms with van der Waals surface area (Å²) < 4.78 is 24.7. The quantitative estimate of drug-likeness (QED) is 0.856. The number of aromatic carboxylic acids is 1. The van der Waals surface area contributed by atoms with E-state index in [1.54, 1.807) is 23.1 Å². The number of carbonyl (C=O) groups is 2. The van der Waals surface area contributed by atoms with Crippen molar-refractivity contribution in [2.24, 2.45) is 5.92 Å². The third kappa shape index (κ3) is 4.10. The van der Waals surface area contributed by atoms with Crippen molar-refractivity contribution in [1.29, 1.82) is 0 Å². The fourth-order valence-corrected chi connectivity index (χ4v) is 3.88. The standard InChI is InChI=1S/C22H22FNO5/c23-18-5-3-14(4-6-18)19-13-29-20-11-16(22(26)27)1-2-17(20)12-24(19)21(25)15-7-9-28-10-8-15/h1-6,11,15,19H,7-10,12-13H2,(H,26,27). The first-order chi connectivity index (χ1) is 14.0. The van der Waals surface area contributed by atoms with E-state index in [0.717, 1.165) is 11.1 Å². The van der Waals surface area contributed by atoms with Crippen molar-refractivity contribution in [1.82, 2.24) is 4.90 Å². The number of halogens is 1. The number of carbonyl (C=O) groups excluding carboxylic acids is 1. The smallest absolute Gasteiger partial charge is 0.335 e. The third-order valence-corrected chi connectivity index (χ3v) is 5.54. The maximum Gasteiger partial charge on any atom is 0.335 e. The Bertz CT molecular complexity index is 908. The summed E-state index contributed by atoms with van der Waals surface area (Å²) in [5.41, 5.74) is 1.66. The highest BCUT2D eigenvalue weighted by Gasteiger charge is 2.34. The largest absolute Gasteiger partial charge is 0.491 e. The van der Waals surface area contributed by atoms with Gasteiger partial charge >= 0.3 is 5.97 Å². The van der Waals surface area contributed by atoms with E-state index in [1.807, 2.05) is 0 Å². The van der Waals surface area contributed by atoms with E-state index in [9.17, 15) is 19.1 Å². The average Bonchev–Trinajstić information content (AvgIpc) is 2.93. The fraction of sp³-hybridized carbons (Fsp3) is 0.364. The van der Waals surface area contributed by atoms with Gasteiger partial charge in [-0.15, -0.1) is 0 Å². The molecule has 1 saturated heterocycles. The summed E-state index contributed by atoms with van der Waals surface area (Å²) in [6, 6.07) is 10.3. The van der Waals surface area contributed by atoms with Gasteiger partial charge in [0.15, 0.2) is 0 Å². The molecule has 0 spiro atoms. The van der Waals surface area contributed by atoms with Crippen molar-refractivity contribution in [3.8, 4) is 5.75 Å². The van der Waals surface area contributed by atoms with Gasteiger partial charge in [0.25, 0.3) is 0 Å². The van der Waals surface area contributed by atoms with Crippen LogP contribution in [-0.2, 0) is 16.1 Å². The van der Waals surface area contributed by atoms with Crippen LogP contribution >= 0.6 is 0 Å². The van der Waals surface area contributed by atoms with Crippen molar-refractivity contribution in [3.63, 3.8) is 0 Å². The minimum absolute atomic E-state index is 0.0152. The van der Waals surface area contributed by atoms with Crippen LogP contribution in [0, 0.1) is 11.7 Å². The van der Waals surface area contributed by atoms with Gasteiger partial charge in [-0.05, 0) is 42.7 Å². The lowest BCUT2D eigenvalue weighted by molar-refractivity contribution is -0.142. The molecule has 0 radical (unpaired) electrons. The van der Waals surface area contributed by atoms with E-state index < -0.39 is 12.0 Å². The lowest BCUT2D eigenvalue weighted by Crippen LogP contribution is -2.41. The number of amides is 1. The van der Waals surface area contributed by atoms with Gasteiger partial charge in [0, 0.05) is 24.7 Å². The van der Waals surface area contributed by atoms with Crippen LogP contribution in [0.4, 0.5) is 4.39 Å². The molecule has 2 aliphatic rings. The zero-order chi connectivity index (χ0) is 20.4. The molecule has 1 fully saturated rings. The van der Waals surface area contributed by atoms with Crippen LogP contribution in [0.15, 0.2) is 42.5 Å². The number of rotatable bonds is 3. The Morgan fingerprint density at radius 1 is 1.07 bits per heavy atom. The predicted molar refractivity (Wildman–Crippen MR) is 102 cm³/mol. The number of hydrogen-bond donors (Lipinski definition) is 1. The zero-order valence-corrected chi connectivity index (χ0v) is 15.8. The van der Waals surface area contributed by atoms with Crippen LogP contribution in [-0.4, -0.2) is 41.7 Å². The highest BCUT2D eigenvalue weighted by Crippen LogP contribution is 2.34. The normalized spacial score (nSPS) is 19.8. The van der Waals surface area contributed by atoms with Crippen LogP contribution in [0.3, 0.4) is 0 Å². The number of fused-ring (bicyclic) bond motifs is 1. The fourth-order valence-electron chi connectivity index (χ4n) is 3.88. The topological polar surface area (TPSA) is 76.1 Å². The molecule has 1 amide bonds. The molecule has 2 heterocycles. The SMILES string of the molecule is O=C(O)c1ccc2c(c1)OCC(c1ccc(F)cc1)N(C(=O)C1CCOCC1)C2. The van der Waals surface area contributed by atoms with Gasteiger partial charge in [-0.1, -0.05) is 18.2 Å². The van der Waals surface area contributed by atoms with Crippen molar-refractivity contribution < 1.29 is 28.6 Å². The Morgan fingerprint density at radius 3 is 2.48 bits per heavy atom. The average molecular weight is 399 g/mol. The molecule has 6 nitrogen and oxygen atoms in total. The van der Waals surface area contributed by atoms with E-state index in [4.69, 9.17) is 9.47 Å². The molecule has 1 atom stereocenters. The van der Waals surface area contributed by atoms with E-state index in [2.05, 4.69) is 0 Å². The molecule has 29 heavy (non-hydrogen) atoms. The van der Waals surface area contributed by atoms with E-state index in [-0.39, 0.29) is 29.8 Å². The second-order valence-electron chi connectivity index (χ2n) is 7.36. The minimum Gasteiger partial charge on any atom is -0.491 e. The van der Waals surface area contributed by atoms with Gasteiger partial charge in [-0.25, -0.2) is 9.18 Å². The molecule has 152 valence electrons. The molecule has 0 aromatic heterocycles. The molecular formula is C22H22FNO5. The second-order valence-corrected chi connectivity index (χ2v) is 7.36. The molecule has 2 aromatic carbocycles. The lowest BCUT2D eigenvalue weighted by atomic mass is 9.96. The molecule has 2 aliphatic heterocycles. The first-order valence-corrected chi connectivity index (χ1v) is 9.65. The molecule has 1 unspecified atom stereocenters. The van der Waals surface area contributed by atoms with Gasteiger partial charge in [-0.2, -0.15) is 0 Å². The summed E-state index contributed by atoms with van der Waals surface area (Å²) in [6.07, 6.45) is 1.33. The summed E-state index contributed by atoms with van der Waals surface area (Å²) in [4.78, 5) is 26.5. The van der Waals surface area contributed by atoms with Crippen LogP contribution in [0.25, 0.3) is 0 Å². The maximum atomic E-state index is 13.4. The molecule has 4 rings (SSSR count). The maximum absolute atomic E-state index is 13.4. The van der Waals surface area contributed by atoms with Crippen LogP contribution < -0.4 is 4.74 Å². The Hall–Kier alpha value is -2.93. The minimum atomic E-state index is -1.04. The van der Waals surface area contributed by atoms with E-state index >= 15 is 0 Å². The lowest BCUT2D eigenvalue weighted by Gasteiger charge is -2.34.